The van der Waals surface area contributed by atoms with Crippen molar-refractivity contribution >= 4 is 196 Å². The first-order valence-corrected chi connectivity index (χ1v) is 0. The van der Waals surface area contributed by atoms with Crippen LogP contribution in [0.1, 0.15) is 11.4 Å². The first-order chi connectivity index (χ1) is 0. The fourth-order valence-corrected chi connectivity index (χ4v) is 0. The van der Waals surface area contributed by atoms with Crippen LogP contribution in [0.4, 0.5) is 0 Å². The van der Waals surface area contributed by atoms with Crippen molar-refractivity contribution in [3.05, 3.63) is 0 Å². The Bertz CT molecular complexity index is 11.0. The molecule has 0 atom stereocenters. The van der Waals surface area contributed by atoms with Gasteiger partial charge in [0.05, 0.1) is 0 Å². The van der Waals surface area contributed by atoms with Crippen LogP contribution in [0.25, 0.3) is 0 Å². The van der Waals surface area contributed by atoms with Crippen molar-refractivity contribution in [3.8, 4) is 0 Å². The van der Waals surface area contributed by atoms with Gasteiger partial charge in [0.2, 0.25) is 0 Å². The Labute approximate surface area is 200 Å². The largest absolute Gasteiger partial charge is 2.00 e. The van der Waals surface area contributed by atoms with Crippen molar-refractivity contribution in [2.45, 2.75) is 0 Å². The molecule has 0 bridgehead atoms. The zero-order chi connectivity index (χ0) is 0. The van der Waals surface area contributed by atoms with Gasteiger partial charge in [-0.05, 0) is 0 Å². The summed E-state index contributed by atoms with van der Waals surface area (Å²) in [4.78, 5) is 0. The third-order valence-electron chi connectivity index (χ3n) is 0. The van der Waals surface area contributed by atoms with Gasteiger partial charge in [0.1, 0.15) is 0 Å². The van der Waals surface area contributed by atoms with E-state index in [1.54, 1.807) is 0 Å². The zero-order valence-corrected chi connectivity index (χ0v) is 20.6. The standard InChI is InChI=1S/4Ba.8H/q4*+2;8*-1. The molecule has 0 amide bonds. The molecule has 0 aliphatic carbocycles. The number of hydrogen-bond acceptors (Lipinski definition) is 0. The Morgan fingerprint density at radius 3 is 0.500 bits per heavy atom. The van der Waals surface area contributed by atoms with E-state index < -0.39 is 0 Å². The van der Waals surface area contributed by atoms with E-state index in [0.29, 0.717) is 0 Å². The zero-order valence-electron chi connectivity index (χ0n) is 10.8. The molecule has 0 nitrogen and oxygen atoms in total. The minimum atomic E-state index is 0. The smallest absolute Gasteiger partial charge is 1.00 e. The van der Waals surface area contributed by atoms with Gasteiger partial charge in [-0.2, -0.15) is 0 Å². The summed E-state index contributed by atoms with van der Waals surface area (Å²) in [5.41, 5.74) is 0. The molecular formula is H8Ba4. The third kappa shape index (κ3) is 11.1. The van der Waals surface area contributed by atoms with Crippen molar-refractivity contribution in [1.82, 2.24) is 0 Å². The van der Waals surface area contributed by atoms with Crippen molar-refractivity contribution in [2.75, 3.05) is 0 Å². The molecule has 0 aromatic rings. The minimum Gasteiger partial charge on any atom is -1.00 e. The average molecular weight is 557 g/mol. The molecule has 0 aromatic carbocycles. The van der Waals surface area contributed by atoms with E-state index in [4.69, 9.17) is 0 Å². The van der Waals surface area contributed by atoms with E-state index in [1.165, 1.54) is 0 Å². The minimum absolute atomic E-state index is 0. The van der Waals surface area contributed by atoms with Gasteiger partial charge in [-0.1, -0.05) is 0 Å². The Morgan fingerprint density at radius 1 is 0.500 bits per heavy atom. The van der Waals surface area contributed by atoms with Gasteiger partial charge in [-0.15, -0.1) is 0 Å². The van der Waals surface area contributed by atoms with Crippen molar-refractivity contribution in [3.63, 3.8) is 0 Å². The topological polar surface area (TPSA) is 0 Å². The van der Waals surface area contributed by atoms with E-state index in [9.17, 15) is 0 Å². The van der Waals surface area contributed by atoms with Crippen LogP contribution < -0.4 is 0 Å². The number of rotatable bonds is 0. The molecule has 0 saturated heterocycles. The van der Waals surface area contributed by atoms with Crippen molar-refractivity contribution in [2.24, 2.45) is 0 Å². The maximum Gasteiger partial charge on any atom is 2.00 e. The maximum atomic E-state index is 0. The summed E-state index contributed by atoms with van der Waals surface area (Å²) < 4.78 is 0. The summed E-state index contributed by atoms with van der Waals surface area (Å²) in [6.07, 6.45) is 0. The molecule has 0 rings (SSSR count). The monoisotopic (exact) mass is 560 g/mol. The summed E-state index contributed by atoms with van der Waals surface area (Å²) >= 11 is 0. The van der Waals surface area contributed by atoms with Crippen molar-refractivity contribution in [1.29, 1.82) is 0 Å². The van der Waals surface area contributed by atoms with E-state index in [2.05, 4.69) is 0 Å². The van der Waals surface area contributed by atoms with Crippen LogP contribution in [0.5, 0.6) is 0 Å². The summed E-state index contributed by atoms with van der Waals surface area (Å²) in [5.74, 6) is 0. The first kappa shape index (κ1) is 22.4. The van der Waals surface area contributed by atoms with Gasteiger partial charge in [-0.3, -0.25) is 0 Å². The second-order valence-electron chi connectivity index (χ2n) is 0. The predicted molar refractivity (Wildman–Crippen MR) is 31.9 cm³/mol. The number of hydrogen-bond donors (Lipinski definition) is 0. The second kappa shape index (κ2) is 16.1. The molecule has 0 saturated carbocycles. The van der Waals surface area contributed by atoms with Crippen LogP contribution in [-0.4, -0.2) is 196 Å². The Morgan fingerprint density at radius 2 is 0.500 bits per heavy atom. The third-order valence-corrected chi connectivity index (χ3v) is 0. The molecule has 0 radical (unpaired) electrons. The SMILES string of the molecule is [Ba+2].[Ba+2].[Ba+2].[Ba+2].[H-].[H-].[H-].[H-].[H-].[H-].[H-].[H-]. The van der Waals surface area contributed by atoms with E-state index >= 15 is 0 Å². The van der Waals surface area contributed by atoms with Crippen LogP contribution >= 0.6 is 0 Å². The molecule has 0 heterocycles. The summed E-state index contributed by atoms with van der Waals surface area (Å²) in [7, 11) is 0. The molecule has 0 fully saturated rings. The average Bonchev–Trinajstić information content (AvgIpc) is 0. The van der Waals surface area contributed by atoms with Crippen molar-refractivity contribution < 1.29 is 11.4 Å². The predicted octanol–water partition coefficient (Wildman–Crippen LogP) is -0.623. The second-order valence-corrected chi connectivity index (χ2v) is 0. The molecule has 0 spiro atoms. The summed E-state index contributed by atoms with van der Waals surface area (Å²) in [6, 6.07) is 0. The van der Waals surface area contributed by atoms with Crippen LogP contribution in [0, 0.1) is 0 Å². The summed E-state index contributed by atoms with van der Waals surface area (Å²) in [6.45, 7) is 0. The Balaban J connectivity index is 0. The molecule has 0 unspecified atom stereocenters. The molecule has 0 N–H and O–H groups in total. The van der Waals surface area contributed by atoms with E-state index in [0.717, 1.165) is 0 Å². The van der Waals surface area contributed by atoms with Crippen LogP contribution in [0.3, 0.4) is 0 Å². The van der Waals surface area contributed by atoms with Gasteiger partial charge < -0.3 is 11.4 Å². The van der Waals surface area contributed by atoms with Crippen LogP contribution in [0.15, 0.2) is 0 Å². The molecule has 4 heavy (non-hydrogen) atoms. The quantitative estimate of drug-likeness (QED) is 0.349. The van der Waals surface area contributed by atoms with Gasteiger partial charge in [0, 0.05) is 0 Å². The molecule has 0 aliphatic rings. The summed E-state index contributed by atoms with van der Waals surface area (Å²) in [5, 5.41) is 0. The maximum absolute atomic E-state index is 0. The molecular weight excluding hydrogens is 549 g/mol. The molecule has 16 valence electrons. The fraction of sp³-hybridized carbons (Fsp3) is 0. The van der Waals surface area contributed by atoms with Crippen LogP contribution in [0.2, 0.25) is 0 Å². The van der Waals surface area contributed by atoms with E-state index in [1.807, 2.05) is 0 Å². The molecule has 4 heteroatoms. The van der Waals surface area contributed by atoms with Gasteiger partial charge in [-0.25, -0.2) is 0 Å². The van der Waals surface area contributed by atoms with Gasteiger partial charge in [0.15, 0.2) is 0 Å². The molecule has 0 aromatic heterocycles. The Kier molecular flexibility index (Phi) is 90.5. The molecule has 0 aliphatic heterocycles. The Hall–Kier alpha value is 6.29. The van der Waals surface area contributed by atoms with E-state index in [-0.39, 0.29) is 207 Å². The fourth-order valence-electron chi connectivity index (χ4n) is 0. The van der Waals surface area contributed by atoms with Crippen LogP contribution in [-0.2, 0) is 0 Å². The first-order valence-electron chi connectivity index (χ1n) is 0. The van der Waals surface area contributed by atoms with Gasteiger partial charge in [0.25, 0.3) is 0 Å². The van der Waals surface area contributed by atoms with Gasteiger partial charge >= 0.3 is 196 Å². The normalized spacial score (nSPS) is 0.